The fourth-order valence-corrected chi connectivity index (χ4v) is 1.88. The van der Waals surface area contributed by atoms with Crippen molar-refractivity contribution >= 4 is 33.4 Å². The van der Waals surface area contributed by atoms with E-state index < -0.39 is 0 Å². The molecule has 0 atom stereocenters. The molecular formula is C10H5ClFN3. The Balaban J connectivity index is 2.66. The summed E-state index contributed by atoms with van der Waals surface area (Å²) in [6.45, 7) is 0. The highest BCUT2D eigenvalue weighted by Gasteiger charge is 2.10. The third-order valence-corrected chi connectivity index (χ3v) is 2.61. The van der Waals surface area contributed by atoms with Crippen molar-refractivity contribution in [2.45, 2.75) is 0 Å². The van der Waals surface area contributed by atoms with E-state index in [4.69, 9.17) is 11.6 Å². The summed E-state index contributed by atoms with van der Waals surface area (Å²) in [5.74, 6) is -0.377. The number of para-hydroxylation sites is 1. The van der Waals surface area contributed by atoms with Crippen molar-refractivity contribution in [1.29, 1.82) is 0 Å². The van der Waals surface area contributed by atoms with E-state index in [1.54, 1.807) is 18.3 Å². The van der Waals surface area contributed by atoms with Crippen LogP contribution in [-0.2, 0) is 0 Å². The average molecular weight is 222 g/mol. The van der Waals surface area contributed by atoms with E-state index in [-0.39, 0.29) is 16.5 Å². The lowest BCUT2D eigenvalue weighted by molar-refractivity contribution is 0.637. The van der Waals surface area contributed by atoms with Crippen LogP contribution in [0.5, 0.6) is 0 Å². The van der Waals surface area contributed by atoms with Gasteiger partial charge in [-0.1, -0.05) is 23.7 Å². The second-order valence-corrected chi connectivity index (χ2v) is 3.56. The SMILES string of the molecule is Fc1cccc2c1nc(Cl)c1[nH]ncc12. The maximum Gasteiger partial charge on any atom is 0.155 e. The van der Waals surface area contributed by atoms with E-state index in [2.05, 4.69) is 15.2 Å². The van der Waals surface area contributed by atoms with Crippen LogP contribution < -0.4 is 0 Å². The molecule has 0 saturated heterocycles. The van der Waals surface area contributed by atoms with E-state index in [0.29, 0.717) is 10.9 Å². The Morgan fingerprint density at radius 1 is 1.27 bits per heavy atom. The van der Waals surface area contributed by atoms with Crippen LogP contribution in [0.25, 0.3) is 21.8 Å². The molecule has 0 bridgehead atoms. The molecule has 3 nitrogen and oxygen atoms in total. The van der Waals surface area contributed by atoms with Gasteiger partial charge in [0.15, 0.2) is 5.15 Å². The number of benzene rings is 1. The molecule has 1 N–H and O–H groups in total. The summed E-state index contributed by atoms with van der Waals surface area (Å²) in [6.07, 6.45) is 1.62. The molecule has 0 saturated carbocycles. The molecule has 0 unspecified atom stereocenters. The Bertz CT molecular complexity index is 662. The van der Waals surface area contributed by atoms with Crippen molar-refractivity contribution < 1.29 is 4.39 Å². The van der Waals surface area contributed by atoms with Gasteiger partial charge in [0.2, 0.25) is 0 Å². The predicted octanol–water partition coefficient (Wildman–Crippen LogP) is 2.90. The van der Waals surface area contributed by atoms with Crippen molar-refractivity contribution in [3.8, 4) is 0 Å². The summed E-state index contributed by atoms with van der Waals surface area (Å²) >= 11 is 5.90. The molecule has 0 radical (unpaired) electrons. The molecule has 2 heterocycles. The summed E-state index contributed by atoms with van der Waals surface area (Å²) < 4.78 is 13.4. The molecule has 0 aliphatic rings. The smallest absolute Gasteiger partial charge is 0.155 e. The first kappa shape index (κ1) is 8.61. The number of nitrogens with one attached hydrogen (secondary N) is 1. The summed E-state index contributed by atoms with van der Waals surface area (Å²) in [4.78, 5) is 3.99. The zero-order valence-electron chi connectivity index (χ0n) is 7.46. The Labute approximate surface area is 88.9 Å². The molecule has 15 heavy (non-hydrogen) atoms. The van der Waals surface area contributed by atoms with Crippen molar-refractivity contribution in [3.05, 3.63) is 35.4 Å². The van der Waals surface area contributed by atoms with Crippen LogP contribution in [0.4, 0.5) is 4.39 Å². The summed E-state index contributed by atoms with van der Waals surface area (Å²) in [6, 6.07) is 4.79. The van der Waals surface area contributed by atoms with Crippen LogP contribution in [0.1, 0.15) is 0 Å². The normalized spacial score (nSPS) is 11.3. The molecule has 3 rings (SSSR count). The number of pyridine rings is 1. The number of hydrogen-bond acceptors (Lipinski definition) is 2. The van der Waals surface area contributed by atoms with Crippen LogP contribution in [0.3, 0.4) is 0 Å². The molecular weight excluding hydrogens is 217 g/mol. The summed E-state index contributed by atoms with van der Waals surface area (Å²) in [7, 11) is 0. The monoisotopic (exact) mass is 221 g/mol. The van der Waals surface area contributed by atoms with Crippen molar-refractivity contribution in [1.82, 2.24) is 15.2 Å². The Kier molecular flexibility index (Phi) is 1.67. The van der Waals surface area contributed by atoms with Gasteiger partial charge in [-0.2, -0.15) is 5.10 Å². The number of nitrogens with zero attached hydrogens (tertiary/aromatic N) is 2. The standard InChI is InChI=1S/C10H5ClFN3/c11-10-9-6(4-13-15-9)5-2-1-3-7(12)8(5)14-10/h1-4H,(H,13,15). The zero-order valence-corrected chi connectivity index (χ0v) is 8.22. The van der Waals surface area contributed by atoms with Gasteiger partial charge in [-0.05, 0) is 6.07 Å². The molecule has 2 aromatic heterocycles. The largest absolute Gasteiger partial charge is 0.275 e. The Hall–Kier alpha value is -1.68. The minimum atomic E-state index is -0.377. The van der Waals surface area contributed by atoms with Crippen LogP contribution in [-0.4, -0.2) is 15.2 Å². The number of aromatic nitrogens is 3. The topological polar surface area (TPSA) is 41.6 Å². The number of aromatic amines is 1. The second-order valence-electron chi connectivity index (χ2n) is 3.20. The first-order valence-corrected chi connectivity index (χ1v) is 4.72. The summed E-state index contributed by atoms with van der Waals surface area (Å²) in [5.41, 5.74) is 0.908. The van der Waals surface area contributed by atoms with Crippen LogP contribution >= 0.6 is 11.6 Å². The summed E-state index contributed by atoms with van der Waals surface area (Å²) in [5, 5.41) is 8.33. The van der Waals surface area contributed by atoms with E-state index in [9.17, 15) is 4.39 Å². The van der Waals surface area contributed by atoms with E-state index in [1.165, 1.54) is 6.07 Å². The number of rotatable bonds is 0. The van der Waals surface area contributed by atoms with Gasteiger partial charge in [0, 0.05) is 10.8 Å². The van der Waals surface area contributed by atoms with Crippen molar-refractivity contribution in [2.24, 2.45) is 0 Å². The van der Waals surface area contributed by atoms with Gasteiger partial charge in [0.25, 0.3) is 0 Å². The van der Waals surface area contributed by atoms with Gasteiger partial charge in [-0.25, -0.2) is 9.37 Å². The predicted molar refractivity (Wildman–Crippen MR) is 56.4 cm³/mol. The van der Waals surface area contributed by atoms with Gasteiger partial charge in [0.05, 0.1) is 6.20 Å². The molecule has 5 heteroatoms. The van der Waals surface area contributed by atoms with Crippen molar-refractivity contribution in [2.75, 3.05) is 0 Å². The highest BCUT2D eigenvalue weighted by Crippen LogP contribution is 2.28. The molecule has 1 aromatic carbocycles. The molecule has 0 aliphatic carbocycles. The van der Waals surface area contributed by atoms with Crippen LogP contribution in [0, 0.1) is 5.82 Å². The Morgan fingerprint density at radius 2 is 2.13 bits per heavy atom. The number of fused-ring (bicyclic) bond motifs is 3. The minimum absolute atomic E-state index is 0.236. The Morgan fingerprint density at radius 3 is 3.00 bits per heavy atom. The molecule has 0 aliphatic heterocycles. The van der Waals surface area contributed by atoms with Gasteiger partial charge in [-0.3, -0.25) is 5.10 Å². The fraction of sp³-hybridized carbons (Fsp3) is 0. The lowest BCUT2D eigenvalue weighted by Crippen LogP contribution is -1.86. The van der Waals surface area contributed by atoms with E-state index in [1.807, 2.05) is 0 Å². The molecule has 0 amide bonds. The molecule has 0 spiro atoms. The first-order valence-electron chi connectivity index (χ1n) is 4.34. The van der Waals surface area contributed by atoms with Gasteiger partial charge in [-0.15, -0.1) is 0 Å². The zero-order chi connectivity index (χ0) is 10.4. The second kappa shape index (κ2) is 2.90. The third kappa shape index (κ3) is 1.11. The highest BCUT2D eigenvalue weighted by molar-refractivity contribution is 6.35. The van der Waals surface area contributed by atoms with Gasteiger partial charge >= 0.3 is 0 Å². The van der Waals surface area contributed by atoms with Crippen molar-refractivity contribution in [3.63, 3.8) is 0 Å². The van der Waals surface area contributed by atoms with Gasteiger partial charge in [0.1, 0.15) is 16.9 Å². The molecule has 74 valence electrons. The number of halogens is 2. The average Bonchev–Trinajstić information content (AvgIpc) is 2.69. The van der Waals surface area contributed by atoms with E-state index in [0.717, 1.165) is 5.39 Å². The first-order chi connectivity index (χ1) is 7.27. The highest BCUT2D eigenvalue weighted by atomic mass is 35.5. The van der Waals surface area contributed by atoms with Crippen LogP contribution in [0.2, 0.25) is 5.15 Å². The third-order valence-electron chi connectivity index (χ3n) is 2.33. The fourth-order valence-electron chi connectivity index (χ4n) is 1.65. The maximum absolute atomic E-state index is 13.4. The minimum Gasteiger partial charge on any atom is -0.275 e. The lowest BCUT2D eigenvalue weighted by atomic mass is 10.1. The molecule has 3 aromatic rings. The number of hydrogen-bond donors (Lipinski definition) is 1. The lowest BCUT2D eigenvalue weighted by Gasteiger charge is -2.00. The molecule has 0 fully saturated rings. The maximum atomic E-state index is 13.4. The van der Waals surface area contributed by atoms with Gasteiger partial charge < -0.3 is 0 Å². The van der Waals surface area contributed by atoms with Crippen LogP contribution in [0.15, 0.2) is 24.4 Å². The number of H-pyrrole nitrogens is 1. The van der Waals surface area contributed by atoms with E-state index >= 15 is 0 Å². The quantitative estimate of drug-likeness (QED) is 0.593.